The number of amides is 2. The van der Waals surface area contributed by atoms with Crippen LogP contribution in [0, 0.1) is 0 Å². The molecule has 1 aliphatic heterocycles. The third-order valence-electron chi connectivity index (χ3n) is 4.09. The summed E-state index contributed by atoms with van der Waals surface area (Å²) in [5.74, 6) is -0.518. The molecular weight excluding hydrogens is 324 g/mol. The summed E-state index contributed by atoms with van der Waals surface area (Å²) in [5, 5.41) is 11.2. The van der Waals surface area contributed by atoms with Crippen molar-refractivity contribution in [3.63, 3.8) is 0 Å². The highest BCUT2D eigenvalue weighted by Gasteiger charge is 2.26. The predicted octanol–water partition coefficient (Wildman–Crippen LogP) is 0.844. The molecule has 0 spiro atoms. The molecule has 3 rings (SSSR count). The Morgan fingerprint density at radius 1 is 1.24 bits per heavy atom. The van der Waals surface area contributed by atoms with Crippen LogP contribution in [0.4, 0.5) is 5.69 Å². The van der Waals surface area contributed by atoms with Crippen molar-refractivity contribution in [1.82, 2.24) is 24.5 Å². The molecular formula is C16H22N6O3. The maximum absolute atomic E-state index is 12.9. The Morgan fingerprint density at radius 2 is 2.00 bits per heavy atom. The highest BCUT2D eigenvalue weighted by Crippen LogP contribution is 2.19. The maximum atomic E-state index is 12.9. The van der Waals surface area contributed by atoms with Crippen LogP contribution in [-0.4, -0.2) is 62.6 Å². The van der Waals surface area contributed by atoms with Gasteiger partial charge in [-0.05, 0) is 19.9 Å². The van der Waals surface area contributed by atoms with Gasteiger partial charge in [0.15, 0.2) is 5.69 Å². The SMILES string of the molecule is CCn1ccc(C(=O)Nc2cnn(CC)c2C(=O)N2CCOCC2)n1. The van der Waals surface area contributed by atoms with Crippen molar-refractivity contribution in [3.05, 3.63) is 29.8 Å². The third-order valence-corrected chi connectivity index (χ3v) is 4.09. The first-order valence-corrected chi connectivity index (χ1v) is 8.41. The zero-order valence-corrected chi connectivity index (χ0v) is 14.4. The molecule has 0 radical (unpaired) electrons. The molecule has 3 heterocycles. The van der Waals surface area contributed by atoms with E-state index in [0.717, 1.165) is 0 Å². The maximum Gasteiger partial charge on any atom is 0.276 e. The van der Waals surface area contributed by atoms with E-state index in [0.29, 0.717) is 56.5 Å². The molecule has 0 bridgehead atoms. The van der Waals surface area contributed by atoms with Gasteiger partial charge in [-0.2, -0.15) is 10.2 Å². The average Bonchev–Trinajstić information content (AvgIpc) is 3.28. The number of nitrogens with zero attached hydrogens (tertiary/aromatic N) is 5. The molecule has 2 aromatic rings. The fourth-order valence-corrected chi connectivity index (χ4v) is 2.70. The average molecular weight is 346 g/mol. The lowest BCUT2D eigenvalue weighted by Gasteiger charge is -2.27. The van der Waals surface area contributed by atoms with Gasteiger partial charge in [0.25, 0.3) is 11.8 Å². The highest BCUT2D eigenvalue weighted by atomic mass is 16.5. The van der Waals surface area contributed by atoms with Gasteiger partial charge in [0.05, 0.1) is 25.1 Å². The molecule has 2 aromatic heterocycles. The van der Waals surface area contributed by atoms with Crippen LogP contribution in [0.25, 0.3) is 0 Å². The molecule has 0 aliphatic carbocycles. The standard InChI is InChI=1S/C16H22N6O3/c1-3-21-6-5-12(19-21)15(23)18-13-11-17-22(4-2)14(13)16(24)20-7-9-25-10-8-20/h5-6,11H,3-4,7-10H2,1-2H3,(H,18,23). The van der Waals surface area contributed by atoms with Crippen LogP contribution in [0.5, 0.6) is 0 Å². The van der Waals surface area contributed by atoms with Crippen LogP contribution in [0.1, 0.15) is 34.8 Å². The van der Waals surface area contributed by atoms with Crippen molar-refractivity contribution in [2.24, 2.45) is 0 Å². The highest BCUT2D eigenvalue weighted by molar-refractivity contribution is 6.07. The first kappa shape index (κ1) is 17.2. The number of rotatable bonds is 5. The van der Waals surface area contributed by atoms with Gasteiger partial charge in [0, 0.05) is 32.4 Å². The van der Waals surface area contributed by atoms with Gasteiger partial charge in [-0.25, -0.2) is 0 Å². The van der Waals surface area contributed by atoms with Crippen molar-refractivity contribution >= 4 is 17.5 Å². The Kier molecular flexibility index (Phi) is 5.13. The van der Waals surface area contributed by atoms with Gasteiger partial charge in [-0.3, -0.25) is 19.0 Å². The van der Waals surface area contributed by atoms with Gasteiger partial charge in [0.1, 0.15) is 5.69 Å². The smallest absolute Gasteiger partial charge is 0.276 e. The van der Waals surface area contributed by atoms with Crippen LogP contribution in [-0.2, 0) is 17.8 Å². The molecule has 0 aromatic carbocycles. The summed E-state index contributed by atoms with van der Waals surface area (Å²) in [6.07, 6.45) is 3.25. The molecule has 1 saturated heterocycles. The van der Waals surface area contributed by atoms with Gasteiger partial charge >= 0.3 is 0 Å². The van der Waals surface area contributed by atoms with Crippen LogP contribution < -0.4 is 5.32 Å². The Hall–Kier alpha value is -2.68. The molecule has 9 heteroatoms. The lowest BCUT2D eigenvalue weighted by atomic mass is 10.2. The third kappa shape index (κ3) is 3.55. The van der Waals surface area contributed by atoms with Gasteiger partial charge in [-0.1, -0.05) is 0 Å². The first-order chi connectivity index (χ1) is 12.1. The number of carbonyl (C=O) groups is 2. The Labute approximate surface area is 145 Å². The number of carbonyl (C=O) groups excluding carboxylic acids is 2. The summed E-state index contributed by atoms with van der Waals surface area (Å²) in [7, 11) is 0. The number of aromatic nitrogens is 4. The molecule has 1 N–H and O–H groups in total. The molecule has 25 heavy (non-hydrogen) atoms. The zero-order valence-electron chi connectivity index (χ0n) is 14.4. The summed E-state index contributed by atoms with van der Waals surface area (Å²) < 4.78 is 8.56. The molecule has 0 saturated carbocycles. The summed E-state index contributed by atoms with van der Waals surface area (Å²) >= 11 is 0. The van der Waals surface area contributed by atoms with Crippen LogP contribution in [0.15, 0.2) is 18.5 Å². The minimum atomic E-state index is -0.362. The molecule has 0 atom stereocenters. The molecule has 1 fully saturated rings. The lowest BCUT2D eigenvalue weighted by molar-refractivity contribution is 0.0295. The summed E-state index contributed by atoms with van der Waals surface area (Å²) in [6, 6.07) is 1.65. The number of morpholine rings is 1. The van der Waals surface area contributed by atoms with Crippen LogP contribution in [0.2, 0.25) is 0 Å². The minimum absolute atomic E-state index is 0.156. The quantitative estimate of drug-likeness (QED) is 0.866. The van der Waals surface area contributed by atoms with Crippen molar-refractivity contribution in [2.45, 2.75) is 26.9 Å². The zero-order chi connectivity index (χ0) is 17.8. The second-order valence-electron chi connectivity index (χ2n) is 5.64. The van der Waals surface area contributed by atoms with Crippen molar-refractivity contribution in [3.8, 4) is 0 Å². The molecule has 0 unspecified atom stereocenters. The number of hydrogen-bond donors (Lipinski definition) is 1. The van der Waals surface area contributed by atoms with Gasteiger partial charge in [0.2, 0.25) is 0 Å². The van der Waals surface area contributed by atoms with E-state index in [1.54, 1.807) is 26.5 Å². The monoisotopic (exact) mass is 346 g/mol. The first-order valence-electron chi connectivity index (χ1n) is 8.41. The number of ether oxygens (including phenoxy) is 1. The second-order valence-corrected chi connectivity index (χ2v) is 5.64. The van der Waals surface area contributed by atoms with Crippen LogP contribution >= 0.6 is 0 Å². The minimum Gasteiger partial charge on any atom is -0.378 e. The topological polar surface area (TPSA) is 94.3 Å². The summed E-state index contributed by atoms with van der Waals surface area (Å²) in [4.78, 5) is 27.0. The Morgan fingerprint density at radius 3 is 2.64 bits per heavy atom. The predicted molar refractivity (Wildman–Crippen MR) is 90.5 cm³/mol. The molecule has 9 nitrogen and oxygen atoms in total. The normalized spacial score (nSPS) is 14.6. The summed E-state index contributed by atoms with van der Waals surface area (Å²) in [6.45, 7) is 7.15. The van der Waals surface area contributed by atoms with E-state index in [1.165, 1.54) is 6.20 Å². The largest absolute Gasteiger partial charge is 0.378 e. The van der Waals surface area contributed by atoms with Crippen molar-refractivity contribution in [1.29, 1.82) is 0 Å². The molecule has 2 amide bonds. The molecule has 134 valence electrons. The second kappa shape index (κ2) is 7.47. The van der Waals surface area contributed by atoms with Gasteiger partial charge < -0.3 is 15.0 Å². The van der Waals surface area contributed by atoms with Crippen molar-refractivity contribution < 1.29 is 14.3 Å². The van der Waals surface area contributed by atoms with Crippen molar-refractivity contribution in [2.75, 3.05) is 31.6 Å². The van der Waals surface area contributed by atoms with E-state index in [1.807, 2.05) is 13.8 Å². The fourth-order valence-electron chi connectivity index (χ4n) is 2.70. The summed E-state index contributed by atoms with van der Waals surface area (Å²) in [5.41, 5.74) is 1.08. The number of aryl methyl sites for hydroxylation is 2. The Bertz CT molecular complexity index is 760. The van der Waals surface area contributed by atoms with E-state index < -0.39 is 0 Å². The lowest BCUT2D eigenvalue weighted by Crippen LogP contribution is -2.41. The molecule has 1 aliphatic rings. The van der Waals surface area contributed by atoms with E-state index >= 15 is 0 Å². The van der Waals surface area contributed by atoms with E-state index in [-0.39, 0.29) is 11.8 Å². The Balaban J connectivity index is 1.82. The van der Waals surface area contributed by atoms with E-state index in [2.05, 4.69) is 15.5 Å². The number of anilines is 1. The fraction of sp³-hybridized carbons (Fsp3) is 0.500. The number of nitrogens with one attached hydrogen (secondary N) is 1. The van der Waals surface area contributed by atoms with E-state index in [4.69, 9.17) is 4.74 Å². The van der Waals surface area contributed by atoms with Gasteiger partial charge in [-0.15, -0.1) is 0 Å². The van der Waals surface area contributed by atoms with E-state index in [9.17, 15) is 9.59 Å². The van der Waals surface area contributed by atoms with Crippen LogP contribution in [0.3, 0.4) is 0 Å². The number of hydrogen-bond acceptors (Lipinski definition) is 5.